The van der Waals surface area contributed by atoms with Crippen molar-refractivity contribution in [3.8, 4) is 0 Å². The van der Waals surface area contributed by atoms with E-state index < -0.39 is 25.1 Å². The van der Waals surface area contributed by atoms with Crippen LogP contribution in [0.5, 0.6) is 0 Å². The number of halogens is 1. The van der Waals surface area contributed by atoms with Gasteiger partial charge in [-0.1, -0.05) is 18.2 Å². The van der Waals surface area contributed by atoms with Gasteiger partial charge in [-0.05, 0) is 96.2 Å². The van der Waals surface area contributed by atoms with Crippen molar-refractivity contribution in [1.29, 1.82) is 0 Å². The first-order valence-electron chi connectivity index (χ1n) is 13.5. The first kappa shape index (κ1) is 27.1. The number of aromatic nitrogens is 1. The molecule has 3 atom stereocenters. The molecule has 3 aromatic rings. The molecule has 6 rings (SSSR count). The highest BCUT2D eigenvalue weighted by atomic mass is 32.2. The van der Waals surface area contributed by atoms with Crippen molar-refractivity contribution < 1.29 is 21.2 Å². The lowest BCUT2D eigenvalue weighted by Crippen LogP contribution is -2.34. The summed E-state index contributed by atoms with van der Waals surface area (Å²) in [5.41, 5.74) is 3.99. The number of rotatable bonds is 6. The van der Waals surface area contributed by atoms with Crippen molar-refractivity contribution in [2.45, 2.75) is 34.3 Å². The molecule has 0 bridgehead atoms. The van der Waals surface area contributed by atoms with Crippen molar-refractivity contribution in [2.24, 2.45) is 17.8 Å². The van der Waals surface area contributed by atoms with Crippen LogP contribution in [0.4, 0.5) is 10.1 Å². The average molecular weight is 582 g/mol. The molecule has 0 amide bonds. The topological polar surface area (TPSA) is 87.7 Å². The number of para-hydroxylation sites is 1. The van der Waals surface area contributed by atoms with Crippen LogP contribution in [0.15, 0.2) is 82.9 Å². The fourth-order valence-corrected chi connectivity index (χ4v) is 9.44. The molecule has 1 saturated heterocycles. The van der Waals surface area contributed by atoms with E-state index in [1.807, 2.05) is 24.4 Å². The van der Waals surface area contributed by atoms with Crippen molar-refractivity contribution in [2.75, 3.05) is 32.1 Å². The molecule has 2 heterocycles. The standard InChI is InChI=1S/C30H32FN3O4S2/c1-33(2)40(37,38)23-9-7-22(8-10-23)39(35,36)30-26-17-21-19-32-14-11-24(21)25(18-27(26)30)20-12-15-34(16-13-20)29-6-4-3-5-28(29)31/h3-11,14,18-20,26-27,30H,12-13,15-17H2,1-2H3. The first-order valence-corrected chi connectivity index (χ1v) is 16.5. The van der Waals surface area contributed by atoms with Gasteiger partial charge in [0, 0.05) is 39.6 Å². The molecular formula is C30H32FN3O4S2. The second-order valence-electron chi connectivity index (χ2n) is 11.1. The summed E-state index contributed by atoms with van der Waals surface area (Å²) in [6, 6.07) is 14.4. The lowest BCUT2D eigenvalue weighted by Gasteiger charge is -2.35. The Hall–Kier alpha value is -3.08. The summed E-state index contributed by atoms with van der Waals surface area (Å²) in [5, 5.41) is -0.564. The minimum Gasteiger partial charge on any atom is -0.369 e. The van der Waals surface area contributed by atoms with E-state index in [0.717, 1.165) is 41.4 Å². The Morgan fingerprint density at radius 3 is 2.27 bits per heavy atom. The lowest BCUT2D eigenvalue weighted by molar-refractivity contribution is 0.483. The van der Waals surface area contributed by atoms with Crippen LogP contribution in [-0.4, -0.2) is 58.6 Å². The Morgan fingerprint density at radius 2 is 1.60 bits per heavy atom. The third kappa shape index (κ3) is 4.65. The molecule has 1 saturated carbocycles. The number of anilines is 1. The number of piperidine rings is 1. The van der Waals surface area contributed by atoms with Crippen LogP contribution in [0, 0.1) is 23.6 Å². The lowest BCUT2D eigenvalue weighted by atomic mass is 9.83. The third-order valence-electron chi connectivity index (χ3n) is 8.61. The zero-order valence-corrected chi connectivity index (χ0v) is 24.1. The van der Waals surface area contributed by atoms with E-state index in [-0.39, 0.29) is 33.4 Å². The Morgan fingerprint density at radius 1 is 0.925 bits per heavy atom. The van der Waals surface area contributed by atoms with E-state index in [2.05, 4.69) is 16.0 Å². The molecule has 0 radical (unpaired) electrons. The largest absolute Gasteiger partial charge is 0.369 e. The molecule has 2 aliphatic carbocycles. The minimum atomic E-state index is -3.68. The molecule has 210 valence electrons. The Bertz CT molecular complexity index is 1680. The van der Waals surface area contributed by atoms with Crippen LogP contribution in [0.1, 0.15) is 24.0 Å². The van der Waals surface area contributed by atoms with Crippen molar-refractivity contribution >= 4 is 31.1 Å². The third-order valence-corrected chi connectivity index (χ3v) is 12.8. The van der Waals surface area contributed by atoms with Crippen LogP contribution in [0.2, 0.25) is 0 Å². The maximum Gasteiger partial charge on any atom is 0.242 e. The molecule has 2 aromatic carbocycles. The number of nitrogens with zero attached hydrogens (tertiary/aromatic N) is 3. The smallest absolute Gasteiger partial charge is 0.242 e. The fourth-order valence-electron chi connectivity index (χ4n) is 6.36. The number of sulfonamides is 1. The number of pyridine rings is 1. The molecule has 40 heavy (non-hydrogen) atoms. The molecule has 10 heteroatoms. The van der Waals surface area contributed by atoms with Crippen LogP contribution in [0.3, 0.4) is 0 Å². The van der Waals surface area contributed by atoms with Gasteiger partial charge in [-0.15, -0.1) is 0 Å². The van der Waals surface area contributed by atoms with Crippen LogP contribution in [-0.2, 0) is 26.3 Å². The molecule has 3 aliphatic rings. The van der Waals surface area contributed by atoms with Gasteiger partial charge in [-0.2, -0.15) is 0 Å². The van der Waals surface area contributed by atoms with Gasteiger partial charge < -0.3 is 4.90 Å². The van der Waals surface area contributed by atoms with Crippen LogP contribution in [0.25, 0.3) is 5.57 Å². The van der Waals surface area contributed by atoms with Gasteiger partial charge in [0.15, 0.2) is 9.84 Å². The highest BCUT2D eigenvalue weighted by Crippen LogP contribution is 2.54. The zero-order chi connectivity index (χ0) is 28.2. The quantitative estimate of drug-likeness (QED) is 0.429. The number of hydrogen-bond donors (Lipinski definition) is 0. The van der Waals surface area contributed by atoms with Gasteiger partial charge in [0.05, 0.1) is 20.7 Å². The monoisotopic (exact) mass is 581 g/mol. The summed E-state index contributed by atoms with van der Waals surface area (Å²) < 4.78 is 67.9. The summed E-state index contributed by atoms with van der Waals surface area (Å²) in [7, 11) is -4.44. The molecule has 1 aliphatic heterocycles. The summed E-state index contributed by atoms with van der Waals surface area (Å²) in [6.07, 6.45) is 8.13. The average Bonchev–Trinajstić information content (AvgIpc) is 3.67. The zero-order valence-electron chi connectivity index (χ0n) is 22.4. The number of sulfone groups is 1. The van der Waals surface area contributed by atoms with E-state index in [9.17, 15) is 21.2 Å². The molecule has 3 unspecified atom stereocenters. The molecule has 0 spiro atoms. The highest BCUT2D eigenvalue weighted by molar-refractivity contribution is 7.92. The molecule has 2 fully saturated rings. The minimum absolute atomic E-state index is 0.0605. The van der Waals surface area contributed by atoms with E-state index >= 15 is 0 Å². The second kappa shape index (κ2) is 10.1. The van der Waals surface area contributed by atoms with E-state index in [1.165, 1.54) is 50.0 Å². The van der Waals surface area contributed by atoms with E-state index in [1.54, 1.807) is 12.3 Å². The van der Waals surface area contributed by atoms with Crippen molar-refractivity contribution in [3.63, 3.8) is 0 Å². The predicted molar refractivity (Wildman–Crippen MR) is 153 cm³/mol. The number of fused-ring (bicyclic) bond motifs is 2. The first-order chi connectivity index (χ1) is 19.1. The fraction of sp³-hybridized carbons (Fsp3) is 0.367. The van der Waals surface area contributed by atoms with Gasteiger partial charge in [-0.25, -0.2) is 25.5 Å². The van der Waals surface area contributed by atoms with E-state index in [4.69, 9.17) is 0 Å². The summed E-state index contributed by atoms with van der Waals surface area (Å²) in [4.78, 5) is 6.63. The van der Waals surface area contributed by atoms with Gasteiger partial charge in [0.1, 0.15) is 5.82 Å². The molecule has 0 N–H and O–H groups in total. The van der Waals surface area contributed by atoms with Crippen molar-refractivity contribution in [1.82, 2.24) is 9.29 Å². The van der Waals surface area contributed by atoms with Crippen molar-refractivity contribution in [3.05, 3.63) is 90.0 Å². The molecule has 7 nitrogen and oxygen atoms in total. The molecular weight excluding hydrogens is 549 g/mol. The predicted octanol–water partition coefficient (Wildman–Crippen LogP) is 4.42. The number of hydrogen-bond acceptors (Lipinski definition) is 6. The van der Waals surface area contributed by atoms with E-state index in [0.29, 0.717) is 12.1 Å². The van der Waals surface area contributed by atoms with Crippen LogP contribution < -0.4 is 4.90 Å². The SMILES string of the molecule is CN(C)S(=O)(=O)c1ccc(S(=O)(=O)C2C3C=C(C4CCN(c5ccccc5F)CC4)c4ccncc4CC32)cc1. The van der Waals surface area contributed by atoms with Gasteiger partial charge in [0.2, 0.25) is 10.0 Å². The normalized spacial score (nSPS) is 23.2. The summed E-state index contributed by atoms with van der Waals surface area (Å²) in [6.45, 7) is 1.45. The summed E-state index contributed by atoms with van der Waals surface area (Å²) >= 11 is 0. The number of allylic oxidation sites excluding steroid dienone is 2. The summed E-state index contributed by atoms with van der Waals surface area (Å²) in [5.74, 6) is -0.161. The van der Waals surface area contributed by atoms with Gasteiger partial charge in [-0.3, -0.25) is 4.98 Å². The second-order valence-corrected chi connectivity index (χ2v) is 15.3. The Labute approximate surface area is 235 Å². The highest BCUT2D eigenvalue weighted by Gasteiger charge is 2.58. The number of benzene rings is 2. The van der Waals surface area contributed by atoms with Gasteiger partial charge in [0.25, 0.3) is 0 Å². The Kier molecular flexibility index (Phi) is 6.83. The maximum atomic E-state index is 14.4. The molecule has 1 aromatic heterocycles. The maximum absolute atomic E-state index is 14.4. The Balaban J connectivity index is 1.27. The van der Waals surface area contributed by atoms with Crippen LogP contribution >= 0.6 is 0 Å². The van der Waals surface area contributed by atoms with Gasteiger partial charge >= 0.3 is 0 Å².